The Morgan fingerprint density at radius 2 is 1.70 bits per heavy atom. The zero-order valence-corrected chi connectivity index (χ0v) is 17.8. The van der Waals surface area contributed by atoms with E-state index < -0.39 is 11.4 Å². The van der Waals surface area contributed by atoms with Gasteiger partial charge in [0.05, 0.1) is 25.7 Å². The maximum Gasteiger partial charge on any atom is 0.341 e. The molecule has 1 aliphatic rings. The number of hydrogen-bond acceptors (Lipinski definition) is 5. The van der Waals surface area contributed by atoms with Crippen molar-refractivity contribution in [2.45, 2.75) is 44.9 Å². The van der Waals surface area contributed by atoms with Crippen LogP contribution in [0, 0.1) is 0 Å². The zero-order chi connectivity index (χ0) is 21.6. The van der Waals surface area contributed by atoms with Crippen molar-refractivity contribution in [3.63, 3.8) is 0 Å². The summed E-state index contributed by atoms with van der Waals surface area (Å²) in [4.78, 5) is 25.8. The average molecular weight is 411 g/mol. The van der Waals surface area contributed by atoms with E-state index in [1.807, 2.05) is 31.2 Å². The highest BCUT2D eigenvalue weighted by Crippen LogP contribution is 2.42. The number of esters is 1. The second-order valence-electron chi connectivity index (χ2n) is 7.34. The predicted octanol–water partition coefficient (Wildman–Crippen LogP) is 4.72. The SMILES string of the molecule is CCOC(=O)c1cc(NC(=O)C2(c3ccc(OC)cc3)CCCC2)ccc1OCC. The van der Waals surface area contributed by atoms with Crippen molar-refractivity contribution in [2.75, 3.05) is 25.6 Å². The van der Waals surface area contributed by atoms with Gasteiger partial charge in [-0.15, -0.1) is 0 Å². The summed E-state index contributed by atoms with van der Waals surface area (Å²) in [6.07, 6.45) is 3.56. The molecular formula is C24H29NO5. The maximum absolute atomic E-state index is 13.4. The average Bonchev–Trinajstić information content (AvgIpc) is 3.26. The first kappa shape index (κ1) is 21.7. The van der Waals surface area contributed by atoms with E-state index in [-0.39, 0.29) is 12.5 Å². The van der Waals surface area contributed by atoms with Gasteiger partial charge in [-0.25, -0.2) is 4.79 Å². The van der Waals surface area contributed by atoms with Gasteiger partial charge in [0.15, 0.2) is 0 Å². The molecule has 0 unspecified atom stereocenters. The van der Waals surface area contributed by atoms with Crippen LogP contribution in [0.1, 0.15) is 55.5 Å². The quantitative estimate of drug-likeness (QED) is 0.636. The van der Waals surface area contributed by atoms with E-state index in [0.29, 0.717) is 23.6 Å². The third kappa shape index (κ3) is 4.42. The molecule has 0 aromatic heterocycles. The molecule has 0 atom stereocenters. The summed E-state index contributed by atoms with van der Waals surface area (Å²) in [6.45, 7) is 4.30. The molecule has 2 aromatic rings. The highest BCUT2D eigenvalue weighted by Gasteiger charge is 2.42. The fourth-order valence-electron chi connectivity index (χ4n) is 4.04. The van der Waals surface area contributed by atoms with Crippen LogP contribution in [0.5, 0.6) is 11.5 Å². The fourth-order valence-corrected chi connectivity index (χ4v) is 4.04. The number of carbonyl (C=O) groups is 2. The van der Waals surface area contributed by atoms with Gasteiger partial charge in [-0.05, 0) is 62.6 Å². The molecule has 3 rings (SSSR count). The van der Waals surface area contributed by atoms with E-state index in [1.165, 1.54) is 0 Å². The minimum atomic E-state index is -0.588. The monoisotopic (exact) mass is 411 g/mol. The number of methoxy groups -OCH3 is 1. The maximum atomic E-state index is 13.4. The fraction of sp³-hybridized carbons (Fsp3) is 0.417. The van der Waals surface area contributed by atoms with Gasteiger partial charge < -0.3 is 19.5 Å². The van der Waals surface area contributed by atoms with Crippen molar-refractivity contribution in [3.8, 4) is 11.5 Å². The lowest BCUT2D eigenvalue weighted by atomic mass is 9.78. The highest BCUT2D eigenvalue weighted by atomic mass is 16.5. The lowest BCUT2D eigenvalue weighted by Crippen LogP contribution is -2.38. The summed E-state index contributed by atoms with van der Waals surface area (Å²) in [5.74, 6) is 0.671. The van der Waals surface area contributed by atoms with Gasteiger partial charge in [-0.1, -0.05) is 25.0 Å². The van der Waals surface area contributed by atoms with Gasteiger partial charge in [-0.2, -0.15) is 0 Å². The van der Waals surface area contributed by atoms with Gasteiger partial charge in [0.25, 0.3) is 0 Å². The number of carbonyl (C=O) groups excluding carboxylic acids is 2. The number of benzene rings is 2. The lowest BCUT2D eigenvalue weighted by molar-refractivity contribution is -0.121. The molecule has 0 radical (unpaired) electrons. The lowest BCUT2D eigenvalue weighted by Gasteiger charge is -2.28. The molecule has 1 saturated carbocycles. The van der Waals surface area contributed by atoms with E-state index >= 15 is 0 Å². The third-order valence-corrected chi connectivity index (χ3v) is 5.57. The number of hydrogen-bond donors (Lipinski definition) is 1. The van der Waals surface area contributed by atoms with Crippen LogP contribution in [0.3, 0.4) is 0 Å². The van der Waals surface area contributed by atoms with E-state index in [4.69, 9.17) is 14.2 Å². The Labute approximate surface area is 177 Å². The van der Waals surface area contributed by atoms with Crippen LogP contribution in [0.4, 0.5) is 5.69 Å². The molecule has 0 heterocycles. The molecule has 0 saturated heterocycles. The molecule has 1 aliphatic carbocycles. The Morgan fingerprint density at radius 3 is 2.30 bits per heavy atom. The minimum absolute atomic E-state index is 0.0656. The van der Waals surface area contributed by atoms with Crippen molar-refractivity contribution in [2.24, 2.45) is 0 Å². The summed E-state index contributed by atoms with van der Waals surface area (Å²) < 4.78 is 15.9. The molecule has 1 N–H and O–H groups in total. The van der Waals surface area contributed by atoms with Gasteiger partial charge >= 0.3 is 5.97 Å². The normalized spacial score (nSPS) is 14.8. The molecule has 0 spiro atoms. The smallest absolute Gasteiger partial charge is 0.341 e. The van der Waals surface area contributed by atoms with Crippen LogP contribution in [0.2, 0.25) is 0 Å². The first-order valence-corrected chi connectivity index (χ1v) is 10.4. The molecule has 1 amide bonds. The van der Waals surface area contributed by atoms with Gasteiger partial charge in [-0.3, -0.25) is 4.79 Å². The van der Waals surface area contributed by atoms with Gasteiger partial charge in [0.2, 0.25) is 5.91 Å². The Kier molecular flexibility index (Phi) is 6.98. The van der Waals surface area contributed by atoms with Crippen LogP contribution in [0.25, 0.3) is 0 Å². The topological polar surface area (TPSA) is 73.9 Å². The molecule has 6 heteroatoms. The first-order chi connectivity index (χ1) is 14.5. The van der Waals surface area contributed by atoms with Crippen LogP contribution < -0.4 is 14.8 Å². The van der Waals surface area contributed by atoms with Crippen LogP contribution >= 0.6 is 0 Å². The number of nitrogens with one attached hydrogen (secondary N) is 1. The predicted molar refractivity (Wildman–Crippen MR) is 115 cm³/mol. The highest BCUT2D eigenvalue weighted by molar-refractivity contribution is 6.01. The van der Waals surface area contributed by atoms with Gasteiger partial charge in [0, 0.05) is 5.69 Å². The summed E-state index contributed by atoms with van der Waals surface area (Å²) in [5.41, 5.74) is 1.25. The molecule has 0 bridgehead atoms. The Balaban J connectivity index is 1.88. The third-order valence-electron chi connectivity index (χ3n) is 5.57. The number of rotatable bonds is 8. The number of ether oxygens (including phenoxy) is 3. The summed E-state index contributed by atoms with van der Waals surface area (Å²) >= 11 is 0. The van der Waals surface area contributed by atoms with Crippen LogP contribution in [-0.2, 0) is 14.9 Å². The molecule has 6 nitrogen and oxygen atoms in total. The van der Waals surface area contributed by atoms with Crippen LogP contribution in [0.15, 0.2) is 42.5 Å². The molecule has 2 aromatic carbocycles. The van der Waals surface area contributed by atoms with Crippen molar-refractivity contribution in [1.82, 2.24) is 0 Å². The van der Waals surface area contributed by atoms with Gasteiger partial charge in [0.1, 0.15) is 17.1 Å². The molecule has 160 valence electrons. The molecular weight excluding hydrogens is 382 g/mol. The van der Waals surface area contributed by atoms with E-state index in [2.05, 4.69) is 5.32 Å². The summed E-state index contributed by atoms with van der Waals surface area (Å²) in [5, 5.41) is 3.02. The van der Waals surface area contributed by atoms with Crippen LogP contribution in [-0.4, -0.2) is 32.2 Å². The minimum Gasteiger partial charge on any atom is -0.497 e. The number of amides is 1. The molecule has 30 heavy (non-hydrogen) atoms. The summed E-state index contributed by atoms with van der Waals surface area (Å²) in [6, 6.07) is 12.8. The Hall–Kier alpha value is -3.02. The Bertz CT molecular complexity index is 885. The van der Waals surface area contributed by atoms with E-state index in [9.17, 15) is 9.59 Å². The van der Waals surface area contributed by atoms with E-state index in [1.54, 1.807) is 32.2 Å². The zero-order valence-electron chi connectivity index (χ0n) is 17.8. The van der Waals surface area contributed by atoms with Crippen molar-refractivity contribution in [1.29, 1.82) is 0 Å². The van der Waals surface area contributed by atoms with Crippen molar-refractivity contribution >= 4 is 17.6 Å². The standard InChI is InChI=1S/C24H29NO5/c1-4-29-21-13-10-18(16-20(21)22(26)30-5-2)25-23(27)24(14-6-7-15-24)17-8-11-19(28-3)12-9-17/h8-13,16H,4-7,14-15H2,1-3H3,(H,25,27). The van der Waals surface area contributed by atoms with E-state index in [0.717, 1.165) is 37.0 Å². The largest absolute Gasteiger partial charge is 0.497 e. The second kappa shape index (κ2) is 9.65. The number of anilines is 1. The summed E-state index contributed by atoms with van der Waals surface area (Å²) in [7, 11) is 1.63. The molecule has 0 aliphatic heterocycles. The van der Waals surface area contributed by atoms with Crippen molar-refractivity contribution in [3.05, 3.63) is 53.6 Å². The second-order valence-corrected chi connectivity index (χ2v) is 7.34. The molecule has 1 fully saturated rings. The van der Waals surface area contributed by atoms with Crippen molar-refractivity contribution < 1.29 is 23.8 Å². The Morgan fingerprint density at radius 1 is 1.00 bits per heavy atom. The first-order valence-electron chi connectivity index (χ1n) is 10.4.